The lowest BCUT2D eigenvalue weighted by Gasteiger charge is -2.40. The topological polar surface area (TPSA) is 113 Å². The van der Waals surface area contributed by atoms with Crippen molar-refractivity contribution < 1.29 is 9.84 Å². The Kier molecular flexibility index (Phi) is 5.41. The largest absolute Gasteiger partial charge is 0.485 e. The molecule has 2 aromatic carbocycles. The zero-order valence-corrected chi connectivity index (χ0v) is 16.0. The Labute approximate surface area is 167 Å². The number of benzene rings is 2. The number of nitrogens with zero attached hydrogens (tertiary/aromatic N) is 3. The lowest BCUT2D eigenvalue weighted by atomic mass is 9.86. The number of nitrogens with one attached hydrogen (secondary N) is 2. The summed E-state index contributed by atoms with van der Waals surface area (Å²) in [6, 6.07) is 13.2. The summed E-state index contributed by atoms with van der Waals surface area (Å²) in [6.45, 7) is 3.51. The van der Waals surface area contributed by atoms with Gasteiger partial charge >= 0.3 is 0 Å². The predicted octanol–water partition coefficient (Wildman–Crippen LogP) is 3.32. The third-order valence-electron chi connectivity index (χ3n) is 4.39. The molecule has 8 heteroatoms. The molecule has 0 aromatic heterocycles. The summed E-state index contributed by atoms with van der Waals surface area (Å²) in [5.74, 6) is 0.686. The van der Waals surface area contributed by atoms with Crippen molar-refractivity contribution in [2.24, 2.45) is 4.99 Å². The minimum absolute atomic E-state index is 0.153. The van der Waals surface area contributed by atoms with E-state index in [0.717, 1.165) is 0 Å². The fourth-order valence-electron chi connectivity index (χ4n) is 2.93. The summed E-state index contributed by atoms with van der Waals surface area (Å²) >= 11 is 5.90. The Morgan fingerprint density at radius 3 is 2.57 bits per heavy atom. The van der Waals surface area contributed by atoms with Gasteiger partial charge in [-0.25, -0.2) is 4.99 Å². The van der Waals surface area contributed by atoms with Crippen LogP contribution in [-0.4, -0.2) is 22.8 Å². The second-order valence-corrected chi connectivity index (χ2v) is 7.24. The fourth-order valence-corrected chi connectivity index (χ4v) is 3.06. The predicted molar refractivity (Wildman–Crippen MR) is 106 cm³/mol. The lowest BCUT2D eigenvalue weighted by Crippen LogP contribution is -2.49. The molecule has 0 amide bonds. The van der Waals surface area contributed by atoms with Gasteiger partial charge < -0.3 is 15.2 Å². The molecule has 2 aromatic rings. The van der Waals surface area contributed by atoms with Crippen molar-refractivity contribution in [1.82, 2.24) is 5.32 Å². The van der Waals surface area contributed by atoms with Crippen LogP contribution in [0, 0.1) is 22.8 Å². The fraction of sp³-hybridized carbons (Fsp3) is 0.250. The van der Waals surface area contributed by atoms with Gasteiger partial charge in [-0.3, -0.25) is 5.32 Å². The van der Waals surface area contributed by atoms with E-state index in [1.165, 1.54) is 0 Å². The van der Waals surface area contributed by atoms with Crippen LogP contribution in [-0.2, 0) is 0 Å². The SMILES string of the molecule is CC1(C)Oc2ccc(C#N)cc2[C@@H](N=C(NC#N)Nc2ccc(Cl)cc2)[C@@H]1O. The van der Waals surface area contributed by atoms with Gasteiger partial charge in [-0.1, -0.05) is 11.6 Å². The highest BCUT2D eigenvalue weighted by atomic mass is 35.5. The molecule has 7 nitrogen and oxygen atoms in total. The van der Waals surface area contributed by atoms with Crippen molar-refractivity contribution in [3.05, 3.63) is 58.6 Å². The first-order chi connectivity index (χ1) is 13.3. The van der Waals surface area contributed by atoms with E-state index in [9.17, 15) is 10.4 Å². The second-order valence-electron chi connectivity index (χ2n) is 6.81. The molecular weight excluding hydrogens is 378 g/mol. The minimum atomic E-state index is -1.00. The first-order valence-corrected chi connectivity index (χ1v) is 8.88. The van der Waals surface area contributed by atoms with E-state index in [1.807, 2.05) is 6.19 Å². The van der Waals surface area contributed by atoms with E-state index in [4.69, 9.17) is 21.6 Å². The number of nitriles is 2. The lowest BCUT2D eigenvalue weighted by molar-refractivity contribution is -0.0567. The van der Waals surface area contributed by atoms with Crippen molar-refractivity contribution in [1.29, 1.82) is 10.5 Å². The van der Waals surface area contributed by atoms with Crippen LogP contribution < -0.4 is 15.4 Å². The van der Waals surface area contributed by atoms with Gasteiger partial charge in [-0.05, 0) is 56.3 Å². The van der Waals surface area contributed by atoms with Crippen LogP contribution in [0.1, 0.15) is 31.0 Å². The molecule has 0 saturated heterocycles. The Hall–Kier alpha value is -3.26. The van der Waals surface area contributed by atoms with Crippen molar-refractivity contribution >= 4 is 23.2 Å². The average Bonchev–Trinajstić information content (AvgIpc) is 2.67. The number of hydrogen-bond acceptors (Lipinski definition) is 5. The van der Waals surface area contributed by atoms with E-state index >= 15 is 0 Å². The summed E-state index contributed by atoms with van der Waals surface area (Å²) < 4.78 is 5.89. The number of anilines is 1. The molecule has 1 aliphatic heterocycles. The maximum atomic E-state index is 10.9. The van der Waals surface area contributed by atoms with E-state index in [-0.39, 0.29) is 5.96 Å². The monoisotopic (exact) mass is 395 g/mol. The highest BCUT2D eigenvalue weighted by Crippen LogP contribution is 2.42. The van der Waals surface area contributed by atoms with Crippen LogP contribution in [0.5, 0.6) is 5.75 Å². The van der Waals surface area contributed by atoms with Crippen LogP contribution in [0.2, 0.25) is 5.02 Å². The zero-order chi connectivity index (χ0) is 20.3. The number of guanidine groups is 1. The Bertz CT molecular complexity index is 989. The number of aliphatic hydroxyl groups is 1. The summed E-state index contributed by atoms with van der Waals surface area (Å²) in [7, 11) is 0. The first-order valence-electron chi connectivity index (χ1n) is 8.50. The van der Waals surface area contributed by atoms with Gasteiger partial charge in [0.05, 0.1) is 11.6 Å². The molecule has 1 heterocycles. The van der Waals surface area contributed by atoms with Gasteiger partial charge in [-0.15, -0.1) is 0 Å². The van der Waals surface area contributed by atoms with Crippen LogP contribution in [0.3, 0.4) is 0 Å². The molecule has 0 spiro atoms. The third kappa shape index (κ3) is 4.01. The molecule has 2 atom stereocenters. The Morgan fingerprint density at radius 2 is 1.93 bits per heavy atom. The number of hydrogen-bond donors (Lipinski definition) is 3. The summed E-state index contributed by atoms with van der Waals surface area (Å²) in [4.78, 5) is 4.54. The van der Waals surface area contributed by atoms with E-state index in [0.29, 0.717) is 27.6 Å². The van der Waals surface area contributed by atoms with E-state index in [2.05, 4.69) is 21.7 Å². The summed E-state index contributed by atoms with van der Waals surface area (Å²) in [5.41, 5.74) is 0.751. The quantitative estimate of drug-likeness (QED) is 0.311. The molecule has 3 N–H and O–H groups in total. The Balaban J connectivity index is 2.03. The first kappa shape index (κ1) is 19.5. The maximum Gasteiger partial charge on any atom is 0.209 e. The normalized spacial score (nSPS) is 20.1. The molecule has 0 fully saturated rings. The summed E-state index contributed by atoms with van der Waals surface area (Å²) in [6.07, 6.45) is 0.833. The van der Waals surface area contributed by atoms with Crippen LogP contribution in [0.4, 0.5) is 5.69 Å². The minimum Gasteiger partial charge on any atom is -0.485 e. The van der Waals surface area contributed by atoms with Gasteiger partial charge in [0.25, 0.3) is 0 Å². The van der Waals surface area contributed by atoms with Crippen molar-refractivity contribution in [2.45, 2.75) is 31.6 Å². The molecular formula is C20H18ClN5O2. The molecule has 1 aliphatic rings. The number of fused-ring (bicyclic) bond motifs is 1. The van der Waals surface area contributed by atoms with Crippen LogP contribution >= 0.6 is 11.6 Å². The van der Waals surface area contributed by atoms with Crippen molar-refractivity contribution in [3.8, 4) is 18.0 Å². The molecule has 0 radical (unpaired) electrons. The van der Waals surface area contributed by atoms with Gasteiger partial charge in [0, 0.05) is 16.3 Å². The molecule has 0 aliphatic carbocycles. The van der Waals surface area contributed by atoms with E-state index < -0.39 is 17.7 Å². The summed E-state index contributed by atoms with van der Waals surface area (Å²) in [5, 5.41) is 35.2. The van der Waals surface area contributed by atoms with Crippen molar-refractivity contribution in [3.63, 3.8) is 0 Å². The van der Waals surface area contributed by atoms with Gasteiger partial charge in [-0.2, -0.15) is 10.5 Å². The maximum absolute atomic E-state index is 10.9. The zero-order valence-electron chi connectivity index (χ0n) is 15.3. The second kappa shape index (κ2) is 7.77. The highest BCUT2D eigenvalue weighted by molar-refractivity contribution is 6.30. The molecule has 0 bridgehead atoms. The molecule has 142 valence electrons. The van der Waals surface area contributed by atoms with Gasteiger partial charge in [0.1, 0.15) is 23.5 Å². The van der Waals surface area contributed by atoms with Crippen LogP contribution in [0.15, 0.2) is 47.5 Å². The van der Waals surface area contributed by atoms with Gasteiger partial charge in [0.15, 0.2) is 6.19 Å². The number of ether oxygens (including phenoxy) is 1. The van der Waals surface area contributed by atoms with E-state index in [1.54, 1.807) is 56.3 Å². The number of halogens is 1. The third-order valence-corrected chi connectivity index (χ3v) is 4.64. The molecule has 0 saturated carbocycles. The smallest absolute Gasteiger partial charge is 0.209 e. The average molecular weight is 396 g/mol. The number of rotatable bonds is 2. The van der Waals surface area contributed by atoms with Gasteiger partial charge in [0.2, 0.25) is 5.96 Å². The Morgan fingerprint density at radius 1 is 1.21 bits per heavy atom. The standard InChI is InChI=1S/C20H18ClN5O2/c1-20(2)18(27)17(15-9-12(10-22)3-8-16(15)28-20)26-19(24-11-23)25-14-6-4-13(21)5-7-14/h3-9,17-18,27H,1-2H3,(H2,24,25,26)/t17-,18+/m1/s1. The van der Waals surface area contributed by atoms with Crippen molar-refractivity contribution in [2.75, 3.05) is 5.32 Å². The molecule has 0 unspecified atom stereocenters. The highest BCUT2D eigenvalue weighted by Gasteiger charge is 2.43. The molecule has 28 heavy (non-hydrogen) atoms. The molecule has 3 rings (SSSR count). The number of aliphatic hydroxyl groups excluding tert-OH is 1. The number of aliphatic imine (C=N–C) groups is 1. The van der Waals surface area contributed by atoms with Crippen LogP contribution in [0.25, 0.3) is 0 Å².